The Balaban J connectivity index is 2.98. The van der Waals surface area contributed by atoms with Gasteiger partial charge >= 0.3 is 0 Å². The van der Waals surface area contributed by atoms with E-state index >= 15 is 0 Å². The summed E-state index contributed by atoms with van der Waals surface area (Å²) in [5, 5.41) is 1.68. The van der Waals surface area contributed by atoms with Gasteiger partial charge in [-0.3, -0.25) is 9.63 Å². The number of carbonyl (C=O) groups excluding carboxylic acids is 1. The molecule has 1 aromatic carbocycles. The van der Waals surface area contributed by atoms with Crippen LogP contribution in [0.4, 0.5) is 0 Å². The van der Waals surface area contributed by atoms with Gasteiger partial charge in [-0.2, -0.15) is 0 Å². The van der Waals surface area contributed by atoms with E-state index in [1.807, 2.05) is 24.3 Å². The molecule has 0 spiro atoms. The summed E-state index contributed by atoms with van der Waals surface area (Å²) < 4.78 is 0. The Labute approximate surface area is 101 Å². The molecule has 88 valence electrons. The molecule has 0 fully saturated rings. The summed E-state index contributed by atoms with van der Waals surface area (Å²) in [5.74, 6) is -0.119. The number of benzene rings is 1. The average Bonchev–Trinajstić information content (AvgIpc) is 2.27. The molecule has 1 rings (SSSR count). The third-order valence-electron chi connectivity index (χ3n) is 2.04. The van der Waals surface area contributed by atoms with E-state index in [2.05, 4.69) is 13.8 Å². The van der Waals surface area contributed by atoms with Crippen LogP contribution in [0.1, 0.15) is 24.2 Å². The minimum Gasteiger partial charge on any atom is -0.274 e. The third-order valence-corrected chi connectivity index (χ3v) is 3.12. The molecule has 0 saturated heterocycles. The molecule has 3 nitrogen and oxygen atoms in total. The fourth-order valence-corrected chi connectivity index (χ4v) is 2.20. The van der Waals surface area contributed by atoms with Gasteiger partial charge in [-0.25, -0.2) is 5.06 Å². The van der Waals surface area contributed by atoms with Gasteiger partial charge in [0.15, 0.2) is 0 Å². The average molecular weight is 239 g/mol. The van der Waals surface area contributed by atoms with E-state index in [1.165, 1.54) is 12.2 Å². The van der Waals surface area contributed by atoms with E-state index in [9.17, 15) is 4.79 Å². The number of nitrogens with zero attached hydrogens (tertiary/aromatic N) is 1. The van der Waals surface area contributed by atoms with Crippen LogP contribution >= 0.6 is 11.8 Å². The Kier molecular flexibility index (Phi) is 4.83. The maximum absolute atomic E-state index is 12.0. The first-order valence-corrected chi connectivity index (χ1v) is 6.02. The molecular weight excluding hydrogens is 222 g/mol. The second kappa shape index (κ2) is 5.92. The Morgan fingerprint density at radius 1 is 1.38 bits per heavy atom. The topological polar surface area (TPSA) is 29.5 Å². The fourth-order valence-electron chi connectivity index (χ4n) is 1.25. The zero-order chi connectivity index (χ0) is 12.1. The van der Waals surface area contributed by atoms with Gasteiger partial charge in [0.05, 0.1) is 12.7 Å². The second-order valence-corrected chi connectivity index (χ2v) is 5.27. The van der Waals surface area contributed by atoms with Crippen molar-refractivity contribution >= 4 is 17.7 Å². The Bertz CT molecular complexity index is 366. The van der Waals surface area contributed by atoms with Gasteiger partial charge < -0.3 is 0 Å². The van der Waals surface area contributed by atoms with Crippen molar-refractivity contribution < 1.29 is 9.63 Å². The van der Waals surface area contributed by atoms with Crippen LogP contribution in [-0.2, 0) is 4.84 Å². The van der Waals surface area contributed by atoms with Gasteiger partial charge in [-0.1, -0.05) is 26.0 Å². The first-order chi connectivity index (χ1) is 7.56. The lowest BCUT2D eigenvalue weighted by Gasteiger charge is -2.16. The van der Waals surface area contributed by atoms with E-state index in [0.717, 1.165) is 4.90 Å². The normalized spacial score (nSPS) is 10.6. The van der Waals surface area contributed by atoms with Crippen molar-refractivity contribution in [1.82, 2.24) is 5.06 Å². The SMILES string of the molecule is CON(C)C(=O)c1ccccc1SC(C)C. The molecule has 0 saturated carbocycles. The lowest BCUT2D eigenvalue weighted by atomic mass is 10.2. The van der Waals surface area contributed by atoms with Crippen LogP contribution in [0, 0.1) is 0 Å². The van der Waals surface area contributed by atoms with Crippen molar-refractivity contribution in [2.75, 3.05) is 14.2 Å². The van der Waals surface area contributed by atoms with Crippen molar-refractivity contribution in [2.24, 2.45) is 0 Å². The van der Waals surface area contributed by atoms with Crippen LogP contribution in [0.5, 0.6) is 0 Å². The summed E-state index contributed by atoms with van der Waals surface area (Å²) in [6.07, 6.45) is 0. The highest BCUT2D eigenvalue weighted by Crippen LogP contribution is 2.27. The van der Waals surface area contributed by atoms with E-state index in [1.54, 1.807) is 18.8 Å². The number of rotatable bonds is 4. The summed E-state index contributed by atoms with van der Waals surface area (Å²) in [7, 11) is 3.09. The summed E-state index contributed by atoms with van der Waals surface area (Å²) in [6, 6.07) is 7.58. The molecule has 0 radical (unpaired) electrons. The molecule has 1 amide bonds. The lowest BCUT2D eigenvalue weighted by Crippen LogP contribution is -2.25. The molecular formula is C12H17NO2S. The molecule has 4 heteroatoms. The van der Waals surface area contributed by atoms with Gasteiger partial charge in [0.25, 0.3) is 5.91 Å². The molecule has 16 heavy (non-hydrogen) atoms. The Hall–Kier alpha value is -1.00. The third kappa shape index (κ3) is 3.25. The largest absolute Gasteiger partial charge is 0.278 e. The highest BCUT2D eigenvalue weighted by atomic mass is 32.2. The number of hydroxylamine groups is 2. The van der Waals surface area contributed by atoms with E-state index in [0.29, 0.717) is 10.8 Å². The second-order valence-electron chi connectivity index (χ2n) is 3.65. The maximum atomic E-state index is 12.0. The number of carbonyl (C=O) groups is 1. The predicted octanol–water partition coefficient (Wildman–Crippen LogP) is 2.82. The van der Waals surface area contributed by atoms with E-state index in [-0.39, 0.29) is 5.91 Å². The van der Waals surface area contributed by atoms with Crippen LogP contribution < -0.4 is 0 Å². The van der Waals surface area contributed by atoms with Gasteiger partial charge in [0.1, 0.15) is 0 Å². The minimum atomic E-state index is -0.119. The molecule has 0 aliphatic heterocycles. The number of hydrogen-bond acceptors (Lipinski definition) is 3. The van der Waals surface area contributed by atoms with Crippen LogP contribution in [0.15, 0.2) is 29.2 Å². The summed E-state index contributed by atoms with van der Waals surface area (Å²) in [6.45, 7) is 4.21. The Morgan fingerprint density at radius 2 is 2.00 bits per heavy atom. The fraction of sp³-hybridized carbons (Fsp3) is 0.417. The lowest BCUT2D eigenvalue weighted by molar-refractivity contribution is -0.0759. The van der Waals surface area contributed by atoms with Crippen molar-refractivity contribution in [1.29, 1.82) is 0 Å². The molecule has 0 N–H and O–H groups in total. The zero-order valence-corrected chi connectivity index (χ0v) is 10.9. The minimum absolute atomic E-state index is 0.119. The molecule has 0 atom stereocenters. The molecule has 0 aliphatic rings. The van der Waals surface area contributed by atoms with Crippen LogP contribution in [0.2, 0.25) is 0 Å². The van der Waals surface area contributed by atoms with Gasteiger partial charge in [0, 0.05) is 17.2 Å². The number of amides is 1. The van der Waals surface area contributed by atoms with Crippen molar-refractivity contribution in [3.8, 4) is 0 Å². The number of thioether (sulfide) groups is 1. The van der Waals surface area contributed by atoms with Gasteiger partial charge in [-0.05, 0) is 12.1 Å². The van der Waals surface area contributed by atoms with Crippen LogP contribution in [0.3, 0.4) is 0 Å². The first-order valence-electron chi connectivity index (χ1n) is 5.14. The molecule has 0 unspecified atom stereocenters. The standard InChI is InChI=1S/C12H17NO2S/c1-9(2)16-11-8-6-5-7-10(11)12(14)13(3)15-4/h5-9H,1-4H3. The van der Waals surface area contributed by atoms with Crippen molar-refractivity contribution in [3.63, 3.8) is 0 Å². The maximum Gasteiger partial charge on any atom is 0.278 e. The monoisotopic (exact) mass is 239 g/mol. The summed E-state index contributed by atoms with van der Waals surface area (Å²) >= 11 is 1.68. The molecule has 1 aromatic rings. The highest BCUT2D eigenvalue weighted by Gasteiger charge is 2.15. The quantitative estimate of drug-likeness (QED) is 0.597. The van der Waals surface area contributed by atoms with Gasteiger partial charge in [-0.15, -0.1) is 11.8 Å². The molecule has 0 bridgehead atoms. The van der Waals surface area contributed by atoms with Crippen molar-refractivity contribution in [3.05, 3.63) is 29.8 Å². The summed E-state index contributed by atoms with van der Waals surface area (Å²) in [4.78, 5) is 17.9. The van der Waals surface area contributed by atoms with Crippen LogP contribution in [0.25, 0.3) is 0 Å². The molecule has 0 aromatic heterocycles. The number of hydrogen-bond donors (Lipinski definition) is 0. The van der Waals surface area contributed by atoms with Crippen molar-refractivity contribution in [2.45, 2.75) is 24.0 Å². The first kappa shape index (κ1) is 13.1. The highest BCUT2D eigenvalue weighted by molar-refractivity contribution is 8.00. The molecule has 0 aliphatic carbocycles. The van der Waals surface area contributed by atoms with Crippen LogP contribution in [-0.4, -0.2) is 30.4 Å². The predicted molar refractivity (Wildman–Crippen MR) is 66.5 cm³/mol. The zero-order valence-electron chi connectivity index (χ0n) is 10.1. The van der Waals surface area contributed by atoms with E-state index in [4.69, 9.17) is 4.84 Å². The van der Waals surface area contributed by atoms with E-state index < -0.39 is 0 Å². The summed E-state index contributed by atoms with van der Waals surface area (Å²) in [5.41, 5.74) is 0.686. The molecule has 0 heterocycles. The smallest absolute Gasteiger partial charge is 0.274 e. The van der Waals surface area contributed by atoms with Gasteiger partial charge in [0.2, 0.25) is 0 Å². The Morgan fingerprint density at radius 3 is 2.56 bits per heavy atom.